The van der Waals surface area contributed by atoms with Gasteiger partial charge in [-0.25, -0.2) is 0 Å². The third-order valence-corrected chi connectivity index (χ3v) is 2.25. The van der Waals surface area contributed by atoms with E-state index in [0.29, 0.717) is 18.8 Å². The Hall–Kier alpha value is -0.610. The second-order valence-corrected chi connectivity index (χ2v) is 4.51. The number of carbonyl (C=O) groups excluding carboxylic acids is 1. The summed E-state index contributed by atoms with van der Waals surface area (Å²) in [5, 5.41) is 11.5. The molecule has 0 aliphatic rings. The summed E-state index contributed by atoms with van der Waals surface area (Å²) in [5.74, 6) is 0.340. The Kier molecular flexibility index (Phi) is 7.34. The normalized spacial score (nSPS) is 15.1. The average molecular weight is 216 g/mol. The molecule has 0 radical (unpaired) electrons. The van der Waals surface area contributed by atoms with Gasteiger partial charge in [-0.3, -0.25) is 4.79 Å². The average Bonchev–Trinajstić information content (AvgIpc) is 2.13. The predicted molar refractivity (Wildman–Crippen MR) is 61.4 cm³/mol. The summed E-state index contributed by atoms with van der Waals surface area (Å²) in [5.41, 5.74) is 5.73. The number of rotatable bonds is 7. The predicted octanol–water partition coefficient (Wildman–Crippen LogP) is 0.637. The van der Waals surface area contributed by atoms with Crippen molar-refractivity contribution in [3.63, 3.8) is 0 Å². The van der Waals surface area contributed by atoms with Gasteiger partial charge in [0.2, 0.25) is 5.91 Å². The second kappa shape index (κ2) is 7.65. The molecule has 0 aliphatic carbocycles. The molecular formula is C11H24N2O2. The Bertz CT molecular complexity index is 183. The first-order valence-corrected chi connectivity index (χ1v) is 5.64. The van der Waals surface area contributed by atoms with Gasteiger partial charge in [-0.1, -0.05) is 13.8 Å². The summed E-state index contributed by atoms with van der Waals surface area (Å²) in [6.45, 7) is 6.18. The number of nitrogens with one attached hydrogen (secondary N) is 1. The molecular weight excluding hydrogens is 192 g/mol. The van der Waals surface area contributed by atoms with Crippen LogP contribution in [-0.2, 0) is 4.79 Å². The highest BCUT2D eigenvalue weighted by Gasteiger charge is 2.16. The molecule has 0 aliphatic heterocycles. The molecule has 0 aromatic heterocycles. The molecule has 0 heterocycles. The number of aliphatic hydroxyl groups is 1. The Morgan fingerprint density at radius 3 is 2.47 bits per heavy atom. The highest BCUT2D eigenvalue weighted by Crippen LogP contribution is 2.03. The molecule has 0 fully saturated rings. The van der Waals surface area contributed by atoms with E-state index in [-0.39, 0.29) is 18.6 Å². The molecule has 1 amide bonds. The molecule has 0 rings (SSSR count). The van der Waals surface area contributed by atoms with Crippen molar-refractivity contribution in [2.75, 3.05) is 6.61 Å². The highest BCUT2D eigenvalue weighted by atomic mass is 16.2. The van der Waals surface area contributed by atoms with Crippen LogP contribution in [0.5, 0.6) is 0 Å². The second-order valence-electron chi connectivity index (χ2n) is 4.51. The minimum absolute atomic E-state index is 0.0860. The maximum atomic E-state index is 11.6. The van der Waals surface area contributed by atoms with Crippen molar-refractivity contribution in [1.29, 1.82) is 0 Å². The summed E-state index contributed by atoms with van der Waals surface area (Å²) in [7, 11) is 0. The first-order valence-electron chi connectivity index (χ1n) is 5.64. The number of aliphatic hydroxyl groups excluding tert-OH is 1. The van der Waals surface area contributed by atoms with Crippen LogP contribution in [0.3, 0.4) is 0 Å². The van der Waals surface area contributed by atoms with Gasteiger partial charge in [0.25, 0.3) is 0 Å². The summed E-state index contributed by atoms with van der Waals surface area (Å²) in [4.78, 5) is 11.6. The van der Waals surface area contributed by atoms with E-state index in [4.69, 9.17) is 10.8 Å². The van der Waals surface area contributed by atoms with E-state index in [1.165, 1.54) is 0 Å². The van der Waals surface area contributed by atoms with Crippen LogP contribution < -0.4 is 11.1 Å². The van der Waals surface area contributed by atoms with Crippen molar-refractivity contribution in [2.24, 2.45) is 11.7 Å². The smallest absolute Gasteiger partial charge is 0.237 e. The summed E-state index contributed by atoms with van der Waals surface area (Å²) in [6.07, 6.45) is 2.20. The van der Waals surface area contributed by atoms with E-state index in [1.807, 2.05) is 20.8 Å². The lowest BCUT2D eigenvalue weighted by molar-refractivity contribution is -0.123. The zero-order chi connectivity index (χ0) is 11.8. The fraction of sp³-hybridized carbons (Fsp3) is 0.909. The zero-order valence-corrected chi connectivity index (χ0v) is 9.99. The van der Waals surface area contributed by atoms with Crippen LogP contribution in [-0.4, -0.2) is 29.7 Å². The van der Waals surface area contributed by atoms with Crippen LogP contribution in [0.2, 0.25) is 0 Å². The fourth-order valence-corrected chi connectivity index (χ4v) is 1.43. The molecule has 0 saturated carbocycles. The van der Waals surface area contributed by atoms with Gasteiger partial charge in [0.05, 0.1) is 6.04 Å². The minimum Gasteiger partial charge on any atom is -0.396 e. The maximum Gasteiger partial charge on any atom is 0.237 e. The molecule has 2 unspecified atom stereocenters. The van der Waals surface area contributed by atoms with Gasteiger partial charge in [0.15, 0.2) is 0 Å². The van der Waals surface area contributed by atoms with Crippen molar-refractivity contribution in [3.8, 4) is 0 Å². The number of hydrogen-bond donors (Lipinski definition) is 3. The molecule has 0 aromatic carbocycles. The summed E-state index contributed by atoms with van der Waals surface area (Å²) < 4.78 is 0. The van der Waals surface area contributed by atoms with Crippen LogP contribution in [0.25, 0.3) is 0 Å². The van der Waals surface area contributed by atoms with Gasteiger partial charge in [0, 0.05) is 12.6 Å². The standard InChI is InChI=1S/C11H24N2O2/c1-8(2)7-10(12)11(15)13-9(3)5-4-6-14/h8-10,14H,4-7,12H2,1-3H3,(H,13,15). The Balaban J connectivity index is 3.80. The van der Waals surface area contributed by atoms with Gasteiger partial charge < -0.3 is 16.2 Å². The van der Waals surface area contributed by atoms with E-state index in [2.05, 4.69) is 5.32 Å². The molecule has 15 heavy (non-hydrogen) atoms. The molecule has 0 saturated heterocycles. The molecule has 0 aromatic rings. The molecule has 90 valence electrons. The van der Waals surface area contributed by atoms with E-state index in [0.717, 1.165) is 6.42 Å². The van der Waals surface area contributed by atoms with Gasteiger partial charge in [0.1, 0.15) is 0 Å². The SMILES string of the molecule is CC(C)CC(N)C(=O)NC(C)CCCO. The number of nitrogens with two attached hydrogens (primary N) is 1. The fourth-order valence-electron chi connectivity index (χ4n) is 1.43. The number of carbonyl (C=O) groups is 1. The topological polar surface area (TPSA) is 75.4 Å². The lowest BCUT2D eigenvalue weighted by Crippen LogP contribution is -2.45. The van der Waals surface area contributed by atoms with Crippen molar-refractivity contribution in [2.45, 2.75) is 52.1 Å². The molecule has 4 nitrogen and oxygen atoms in total. The largest absolute Gasteiger partial charge is 0.396 e. The molecule has 0 bridgehead atoms. The monoisotopic (exact) mass is 216 g/mol. The number of amides is 1. The van der Waals surface area contributed by atoms with E-state index in [1.54, 1.807) is 0 Å². The third-order valence-electron chi connectivity index (χ3n) is 2.25. The first-order chi connectivity index (χ1) is 6.97. The van der Waals surface area contributed by atoms with Gasteiger partial charge >= 0.3 is 0 Å². The lowest BCUT2D eigenvalue weighted by atomic mass is 10.0. The molecule has 4 N–H and O–H groups in total. The minimum atomic E-state index is -0.415. The Morgan fingerprint density at radius 2 is 2.00 bits per heavy atom. The third kappa shape index (κ3) is 7.33. The summed E-state index contributed by atoms with van der Waals surface area (Å²) in [6, 6.07) is -0.329. The van der Waals surface area contributed by atoms with Crippen LogP contribution in [0.1, 0.15) is 40.0 Å². The van der Waals surface area contributed by atoms with Crippen molar-refractivity contribution in [3.05, 3.63) is 0 Å². The van der Waals surface area contributed by atoms with Crippen LogP contribution >= 0.6 is 0 Å². The van der Waals surface area contributed by atoms with Gasteiger partial charge in [-0.05, 0) is 32.1 Å². The van der Waals surface area contributed by atoms with Crippen LogP contribution in [0.15, 0.2) is 0 Å². The summed E-state index contributed by atoms with van der Waals surface area (Å²) >= 11 is 0. The van der Waals surface area contributed by atoms with Crippen molar-refractivity contribution < 1.29 is 9.90 Å². The van der Waals surface area contributed by atoms with Gasteiger partial charge in [-0.15, -0.1) is 0 Å². The zero-order valence-electron chi connectivity index (χ0n) is 9.99. The van der Waals surface area contributed by atoms with E-state index < -0.39 is 6.04 Å². The van der Waals surface area contributed by atoms with Gasteiger partial charge in [-0.2, -0.15) is 0 Å². The quantitative estimate of drug-likeness (QED) is 0.584. The van der Waals surface area contributed by atoms with Crippen LogP contribution in [0, 0.1) is 5.92 Å². The van der Waals surface area contributed by atoms with Crippen LogP contribution in [0.4, 0.5) is 0 Å². The maximum absolute atomic E-state index is 11.6. The first kappa shape index (κ1) is 14.4. The lowest BCUT2D eigenvalue weighted by Gasteiger charge is -2.18. The van der Waals surface area contributed by atoms with E-state index in [9.17, 15) is 4.79 Å². The number of hydrogen-bond acceptors (Lipinski definition) is 3. The molecule has 2 atom stereocenters. The Labute approximate surface area is 92.2 Å². The molecule has 4 heteroatoms. The Morgan fingerprint density at radius 1 is 1.40 bits per heavy atom. The van der Waals surface area contributed by atoms with Crippen molar-refractivity contribution in [1.82, 2.24) is 5.32 Å². The molecule has 0 spiro atoms. The van der Waals surface area contributed by atoms with E-state index >= 15 is 0 Å². The highest BCUT2D eigenvalue weighted by molar-refractivity contribution is 5.81. The van der Waals surface area contributed by atoms with Crippen molar-refractivity contribution >= 4 is 5.91 Å².